The first-order valence-corrected chi connectivity index (χ1v) is 8.73. The van der Waals surface area contributed by atoms with Crippen LogP contribution in [0, 0.1) is 0 Å². The lowest BCUT2D eigenvalue weighted by molar-refractivity contribution is -0.113. The van der Waals surface area contributed by atoms with Crippen molar-refractivity contribution >= 4 is 73.5 Å². The van der Waals surface area contributed by atoms with Crippen LogP contribution in [0.4, 0.5) is 5.69 Å². The molecule has 1 aliphatic heterocycles. The number of hydrogen-bond acceptors (Lipinski definition) is 3. The van der Waals surface area contributed by atoms with E-state index in [0.29, 0.717) is 14.2 Å². The number of carbonyl (C=O) groups excluding carboxylic acids is 1. The normalized spacial score (nSPS) is 16.6. The maximum absolute atomic E-state index is 12.6. The molecule has 0 bridgehead atoms. The van der Waals surface area contributed by atoms with Crippen LogP contribution in [0.2, 0.25) is 5.02 Å². The summed E-state index contributed by atoms with van der Waals surface area (Å²) in [6, 6.07) is 14.8. The van der Waals surface area contributed by atoms with E-state index in [9.17, 15) is 4.79 Å². The van der Waals surface area contributed by atoms with Crippen molar-refractivity contribution in [3.8, 4) is 0 Å². The summed E-state index contributed by atoms with van der Waals surface area (Å²) in [5, 5.41) is 0.625. The molecule has 0 atom stereocenters. The summed E-state index contributed by atoms with van der Waals surface area (Å²) in [4.78, 5) is 14.7. The average molecular weight is 411 g/mol. The molecule has 110 valence electrons. The molecule has 1 heterocycles. The molecule has 1 saturated heterocycles. The van der Waals surface area contributed by atoms with Gasteiger partial charge in [-0.05, 0) is 48.0 Å². The van der Waals surface area contributed by atoms with Crippen molar-refractivity contribution < 1.29 is 4.79 Å². The summed E-state index contributed by atoms with van der Waals surface area (Å²) in [6.45, 7) is 0. The van der Waals surface area contributed by atoms with Gasteiger partial charge in [-0.2, -0.15) is 0 Å². The van der Waals surface area contributed by atoms with Gasteiger partial charge in [0.25, 0.3) is 5.91 Å². The van der Waals surface area contributed by atoms with E-state index in [2.05, 4.69) is 15.9 Å². The fourth-order valence-corrected chi connectivity index (χ4v) is 3.68. The third kappa shape index (κ3) is 3.27. The SMILES string of the molecule is O=C1/C(=C\c2ccc(Br)cc2)SC(=S)N1c1ccc(Cl)cc1. The summed E-state index contributed by atoms with van der Waals surface area (Å²) in [5.41, 5.74) is 1.69. The maximum Gasteiger partial charge on any atom is 0.270 e. The van der Waals surface area contributed by atoms with E-state index in [1.807, 2.05) is 30.3 Å². The molecule has 2 aromatic carbocycles. The van der Waals surface area contributed by atoms with Gasteiger partial charge >= 0.3 is 0 Å². The highest BCUT2D eigenvalue weighted by Crippen LogP contribution is 2.36. The number of carbonyl (C=O) groups is 1. The van der Waals surface area contributed by atoms with Gasteiger partial charge in [0.05, 0.1) is 10.6 Å². The minimum absolute atomic E-state index is 0.111. The van der Waals surface area contributed by atoms with Gasteiger partial charge in [0.1, 0.15) is 0 Å². The third-order valence-electron chi connectivity index (χ3n) is 3.05. The van der Waals surface area contributed by atoms with E-state index in [1.165, 1.54) is 16.7 Å². The summed E-state index contributed by atoms with van der Waals surface area (Å²) in [5.74, 6) is -0.111. The number of rotatable bonds is 2. The fraction of sp³-hybridized carbons (Fsp3) is 0. The van der Waals surface area contributed by atoms with Gasteiger partial charge in [-0.1, -0.05) is 63.6 Å². The van der Waals surface area contributed by atoms with Gasteiger partial charge < -0.3 is 0 Å². The summed E-state index contributed by atoms with van der Waals surface area (Å²) in [7, 11) is 0. The quantitative estimate of drug-likeness (QED) is 0.481. The summed E-state index contributed by atoms with van der Waals surface area (Å²) in [6.07, 6.45) is 1.85. The molecular weight excluding hydrogens is 402 g/mol. The topological polar surface area (TPSA) is 20.3 Å². The van der Waals surface area contributed by atoms with E-state index in [0.717, 1.165) is 15.7 Å². The van der Waals surface area contributed by atoms with Crippen molar-refractivity contribution in [1.29, 1.82) is 0 Å². The highest BCUT2D eigenvalue weighted by atomic mass is 79.9. The molecule has 0 unspecified atom stereocenters. The maximum atomic E-state index is 12.6. The molecule has 0 saturated carbocycles. The first kappa shape index (κ1) is 15.7. The molecule has 1 aliphatic rings. The Morgan fingerprint density at radius 2 is 1.73 bits per heavy atom. The summed E-state index contributed by atoms with van der Waals surface area (Å²) >= 11 is 15.9. The Morgan fingerprint density at radius 1 is 1.09 bits per heavy atom. The van der Waals surface area contributed by atoms with Crippen LogP contribution in [-0.4, -0.2) is 10.2 Å². The first-order valence-electron chi connectivity index (χ1n) is 6.34. The second-order valence-electron chi connectivity index (χ2n) is 4.55. The van der Waals surface area contributed by atoms with Crippen molar-refractivity contribution in [2.24, 2.45) is 0 Å². The molecule has 0 N–H and O–H groups in total. The Labute approximate surface area is 151 Å². The number of anilines is 1. The van der Waals surface area contributed by atoms with Gasteiger partial charge in [-0.15, -0.1) is 0 Å². The minimum Gasteiger partial charge on any atom is -0.268 e. The van der Waals surface area contributed by atoms with E-state index < -0.39 is 0 Å². The van der Waals surface area contributed by atoms with Crippen molar-refractivity contribution in [3.05, 3.63) is 68.5 Å². The van der Waals surface area contributed by atoms with Crippen LogP contribution in [0.5, 0.6) is 0 Å². The van der Waals surface area contributed by atoms with E-state index in [-0.39, 0.29) is 5.91 Å². The monoisotopic (exact) mass is 409 g/mol. The molecule has 3 rings (SSSR count). The largest absolute Gasteiger partial charge is 0.270 e. The Balaban J connectivity index is 1.91. The van der Waals surface area contributed by atoms with Crippen LogP contribution in [0.25, 0.3) is 6.08 Å². The summed E-state index contributed by atoms with van der Waals surface area (Å²) < 4.78 is 1.52. The van der Waals surface area contributed by atoms with E-state index in [1.54, 1.807) is 24.3 Å². The van der Waals surface area contributed by atoms with E-state index in [4.69, 9.17) is 23.8 Å². The zero-order valence-electron chi connectivity index (χ0n) is 11.1. The standard InChI is InChI=1S/C16H9BrClNOS2/c17-11-3-1-10(2-4-11)9-14-15(20)19(16(21)22-14)13-7-5-12(18)6-8-13/h1-9H/b14-9+. The predicted molar refractivity (Wildman–Crippen MR) is 101 cm³/mol. The number of nitrogens with zero attached hydrogens (tertiary/aromatic N) is 1. The Bertz CT molecular complexity index is 772. The van der Waals surface area contributed by atoms with Crippen molar-refractivity contribution in [2.45, 2.75) is 0 Å². The van der Waals surface area contributed by atoms with Gasteiger partial charge in [-0.25, -0.2) is 0 Å². The zero-order chi connectivity index (χ0) is 15.7. The molecule has 0 aromatic heterocycles. The molecule has 6 heteroatoms. The highest BCUT2D eigenvalue weighted by Gasteiger charge is 2.33. The van der Waals surface area contributed by atoms with Crippen LogP contribution in [0.1, 0.15) is 5.56 Å². The minimum atomic E-state index is -0.111. The number of thiocarbonyl (C=S) groups is 1. The predicted octanol–water partition coefficient (Wildman–Crippen LogP) is 5.51. The molecular formula is C16H9BrClNOS2. The molecule has 2 aromatic rings. The van der Waals surface area contributed by atoms with Crippen molar-refractivity contribution in [2.75, 3.05) is 4.90 Å². The van der Waals surface area contributed by atoms with Crippen LogP contribution in [0.15, 0.2) is 57.9 Å². The number of amides is 1. The molecule has 2 nitrogen and oxygen atoms in total. The van der Waals surface area contributed by atoms with Crippen molar-refractivity contribution in [3.63, 3.8) is 0 Å². The van der Waals surface area contributed by atoms with Crippen LogP contribution in [0.3, 0.4) is 0 Å². The number of thioether (sulfide) groups is 1. The third-order valence-corrected chi connectivity index (χ3v) is 5.13. The van der Waals surface area contributed by atoms with Crippen molar-refractivity contribution in [1.82, 2.24) is 0 Å². The molecule has 22 heavy (non-hydrogen) atoms. The van der Waals surface area contributed by atoms with Gasteiger partial charge in [-0.3, -0.25) is 9.69 Å². The molecule has 1 amide bonds. The lowest BCUT2D eigenvalue weighted by Gasteiger charge is -2.14. The number of hydrogen-bond donors (Lipinski definition) is 0. The molecule has 1 fully saturated rings. The van der Waals surface area contributed by atoms with Crippen LogP contribution in [-0.2, 0) is 4.79 Å². The average Bonchev–Trinajstić information content (AvgIpc) is 2.77. The Hall–Kier alpha value is -1.14. The lowest BCUT2D eigenvalue weighted by Crippen LogP contribution is -2.27. The fourth-order valence-electron chi connectivity index (χ4n) is 1.99. The highest BCUT2D eigenvalue weighted by molar-refractivity contribution is 9.10. The van der Waals surface area contributed by atoms with Crippen LogP contribution < -0.4 is 4.90 Å². The van der Waals surface area contributed by atoms with Crippen LogP contribution >= 0.6 is 51.5 Å². The van der Waals surface area contributed by atoms with E-state index >= 15 is 0 Å². The zero-order valence-corrected chi connectivity index (χ0v) is 15.1. The second kappa shape index (κ2) is 6.54. The molecule has 0 radical (unpaired) electrons. The number of halogens is 2. The Kier molecular flexibility index (Phi) is 4.68. The first-order chi connectivity index (χ1) is 10.5. The smallest absolute Gasteiger partial charge is 0.268 e. The van der Waals surface area contributed by atoms with Gasteiger partial charge in [0, 0.05) is 9.50 Å². The molecule has 0 spiro atoms. The van der Waals surface area contributed by atoms with Gasteiger partial charge in [0.2, 0.25) is 0 Å². The lowest BCUT2D eigenvalue weighted by atomic mass is 10.2. The molecule has 0 aliphatic carbocycles. The second-order valence-corrected chi connectivity index (χ2v) is 7.57. The van der Waals surface area contributed by atoms with Gasteiger partial charge in [0.15, 0.2) is 4.32 Å². The Morgan fingerprint density at radius 3 is 2.36 bits per heavy atom. The number of benzene rings is 2.